The number of amides is 1. The second-order valence-corrected chi connectivity index (χ2v) is 5.69. The van der Waals surface area contributed by atoms with Crippen molar-refractivity contribution in [1.82, 2.24) is 4.90 Å². The molecule has 1 aromatic carbocycles. The van der Waals surface area contributed by atoms with Gasteiger partial charge in [0.2, 0.25) is 5.91 Å². The van der Waals surface area contributed by atoms with E-state index in [4.69, 9.17) is 0 Å². The molecule has 6 heteroatoms. The van der Waals surface area contributed by atoms with E-state index in [9.17, 15) is 14.9 Å². The normalized spacial score (nSPS) is 18.2. The van der Waals surface area contributed by atoms with Gasteiger partial charge in [-0.3, -0.25) is 19.8 Å². The second kappa shape index (κ2) is 6.67. The fourth-order valence-corrected chi connectivity index (χ4v) is 2.49. The van der Waals surface area contributed by atoms with E-state index in [-0.39, 0.29) is 17.6 Å². The highest BCUT2D eigenvalue weighted by Crippen LogP contribution is 2.19. The topological polar surface area (TPSA) is 75.5 Å². The van der Waals surface area contributed by atoms with Gasteiger partial charge in [0.1, 0.15) is 0 Å². The van der Waals surface area contributed by atoms with Gasteiger partial charge in [0.25, 0.3) is 5.69 Å². The highest BCUT2D eigenvalue weighted by atomic mass is 16.6. The third-order valence-electron chi connectivity index (χ3n) is 4.09. The number of nitro groups is 1. The monoisotopic (exact) mass is 291 g/mol. The summed E-state index contributed by atoms with van der Waals surface area (Å²) in [7, 11) is 0. The summed E-state index contributed by atoms with van der Waals surface area (Å²) in [5.41, 5.74) is 0.605. The van der Waals surface area contributed by atoms with Crippen LogP contribution in [0.3, 0.4) is 0 Å². The molecule has 0 bridgehead atoms. The molecule has 0 radical (unpaired) electrons. The third kappa shape index (κ3) is 4.01. The Labute approximate surface area is 124 Å². The van der Waals surface area contributed by atoms with Crippen LogP contribution in [0.4, 0.5) is 11.4 Å². The molecule has 1 fully saturated rings. The van der Waals surface area contributed by atoms with E-state index in [1.165, 1.54) is 12.1 Å². The maximum absolute atomic E-state index is 12.2. The predicted octanol–water partition coefficient (Wildman–Crippen LogP) is 2.65. The van der Waals surface area contributed by atoms with Crippen LogP contribution in [0.15, 0.2) is 24.3 Å². The molecule has 1 unspecified atom stereocenters. The highest BCUT2D eigenvalue weighted by Gasteiger charge is 2.25. The van der Waals surface area contributed by atoms with Crippen LogP contribution in [0.5, 0.6) is 0 Å². The molecule has 0 aromatic heterocycles. The average molecular weight is 291 g/mol. The Bertz CT molecular complexity index is 507. The van der Waals surface area contributed by atoms with Gasteiger partial charge in [-0.25, -0.2) is 0 Å². The summed E-state index contributed by atoms with van der Waals surface area (Å²) in [6.07, 6.45) is 2.24. The number of hydrogen-bond donors (Lipinski definition) is 1. The molecule has 6 nitrogen and oxygen atoms in total. The molecule has 1 aliphatic rings. The number of non-ortho nitro benzene ring substituents is 1. The molecule has 0 spiro atoms. The highest BCUT2D eigenvalue weighted by molar-refractivity contribution is 5.94. The minimum atomic E-state index is -0.455. The lowest BCUT2D eigenvalue weighted by Crippen LogP contribution is -2.45. The fourth-order valence-electron chi connectivity index (χ4n) is 2.49. The van der Waals surface area contributed by atoms with Crippen LogP contribution in [0.1, 0.15) is 26.7 Å². The first-order chi connectivity index (χ1) is 9.97. The predicted molar refractivity (Wildman–Crippen MR) is 81.2 cm³/mol. The number of piperidine rings is 1. The van der Waals surface area contributed by atoms with E-state index in [1.54, 1.807) is 12.1 Å². The van der Waals surface area contributed by atoms with Gasteiger partial charge in [-0.15, -0.1) is 0 Å². The fraction of sp³-hybridized carbons (Fsp3) is 0.533. The molecular weight excluding hydrogens is 270 g/mol. The molecular formula is C15H21N3O3. The molecule has 0 aliphatic carbocycles. The van der Waals surface area contributed by atoms with E-state index in [0.29, 0.717) is 5.69 Å². The van der Waals surface area contributed by atoms with E-state index in [0.717, 1.165) is 31.8 Å². The van der Waals surface area contributed by atoms with Crippen molar-refractivity contribution >= 4 is 17.3 Å². The molecule has 1 atom stereocenters. The largest absolute Gasteiger partial charge is 0.325 e. The van der Waals surface area contributed by atoms with Crippen LogP contribution in [-0.2, 0) is 4.79 Å². The van der Waals surface area contributed by atoms with Gasteiger partial charge < -0.3 is 5.32 Å². The lowest BCUT2D eigenvalue weighted by atomic mass is 9.98. The smallest absolute Gasteiger partial charge is 0.269 e. The zero-order valence-electron chi connectivity index (χ0n) is 12.4. The zero-order chi connectivity index (χ0) is 15.4. The minimum Gasteiger partial charge on any atom is -0.325 e. The third-order valence-corrected chi connectivity index (χ3v) is 4.09. The number of carbonyl (C=O) groups excluding carboxylic acids is 1. The summed E-state index contributed by atoms with van der Waals surface area (Å²) in [5, 5.41) is 13.4. The lowest BCUT2D eigenvalue weighted by molar-refractivity contribution is -0.384. The number of anilines is 1. The zero-order valence-corrected chi connectivity index (χ0v) is 12.4. The summed E-state index contributed by atoms with van der Waals surface area (Å²) >= 11 is 0. The molecule has 1 N–H and O–H groups in total. The van der Waals surface area contributed by atoms with Gasteiger partial charge in [0.05, 0.1) is 11.0 Å². The lowest BCUT2D eigenvalue weighted by Gasteiger charge is -2.34. The SMILES string of the molecule is CC1CCN(C(C)C(=O)Nc2ccc([N+](=O)[O-])cc2)CC1. The number of benzene rings is 1. The average Bonchev–Trinajstić information content (AvgIpc) is 2.47. The summed E-state index contributed by atoms with van der Waals surface area (Å²) < 4.78 is 0. The molecule has 0 saturated carbocycles. The first-order valence-electron chi connectivity index (χ1n) is 7.26. The Morgan fingerprint density at radius 1 is 1.33 bits per heavy atom. The maximum atomic E-state index is 12.2. The van der Waals surface area contributed by atoms with E-state index < -0.39 is 4.92 Å². The van der Waals surface area contributed by atoms with Gasteiger partial charge in [-0.1, -0.05) is 6.92 Å². The summed E-state index contributed by atoms with van der Waals surface area (Å²) in [6.45, 7) is 6.02. The summed E-state index contributed by atoms with van der Waals surface area (Å²) in [5.74, 6) is 0.657. The molecule has 2 rings (SSSR count). The van der Waals surface area contributed by atoms with E-state index in [2.05, 4.69) is 17.1 Å². The van der Waals surface area contributed by atoms with Crippen molar-refractivity contribution in [3.05, 3.63) is 34.4 Å². The minimum absolute atomic E-state index is 0.0195. The Morgan fingerprint density at radius 2 is 1.90 bits per heavy atom. The molecule has 21 heavy (non-hydrogen) atoms. The number of nitrogens with zero attached hydrogens (tertiary/aromatic N) is 2. The summed E-state index contributed by atoms with van der Waals surface area (Å²) in [4.78, 5) is 24.5. The number of nitro benzene ring substituents is 1. The summed E-state index contributed by atoms with van der Waals surface area (Å²) in [6, 6.07) is 5.71. The maximum Gasteiger partial charge on any atom is 0.269 e. The van der Waals surface area contributed by atoms with Crippen molar-refractivity contribution in [1.29, 1.82) is 0 Å². The Morgan fingerprint density at radius 3 is 2.43 bits per heavy atom. The Hall–Kier alpha value is -1.95. The number of nitrogens with one attached hydrogen (secondary N) is 1. The van der Waals surface area contributed by atoms with Crippen molar-refractivity contribution in [3.8, 4) is 0 Å². The van der Waals surface area contributed by atoms with E-state index >= 15 is 0 Å². The molecule has 114 valence electrons. The molecule has 1 saturated heterocycles. The van der Waals surface area contributed by atoms with Crippen LogP contribution < -0.4 is 5.32 Å². The van der Waals surface area contributed by atoms with Gasteiger partial charge in [-0.2, -0.15) is 0 Å². The molecule has 1 aliphatic heterocycles. The van der Waals surface area contributed by atoms with Gasteiger partial charge in [0.15, 0.2) is 0 Å². The first-order valence-corrected chi connectivity index (χ1v) is 7.26. The van der Waals surface area contributed by atoms with Gasteiger partial charge >= 0.3 is 0 Å². The van der Waals surface area contributed by atoms with Crippen LogP contribution >= 0.6 is 0 Å². The van der Waals surface area contributed by atoms with Crippen LogP contribution in [0, 0.1) is 16.0 Å². The Kier molecular flexibility index (Phi) is 4.90. The van der Waals surface area contributed by atoms with Crippen LogP contribution in [-0.4, -0.2) is 34.9 Å². The molecule has 1 amide bonds. The van der Waals surface area contributed by atoms with E-state index in [1.807, 2.05) is 6.92 Å². The molecule has 1 heterocycles. The first kappa shape index (κ1) is 15.4. The second-order valence-electron chi connectivity index (χ2n) is 5.69. The van der Waals surface area contributed by atoms with Crippen LogP contribution in [0.2, 0.25) is 0 Å². The molecule has 1 aromatic rings. The van der Waals surface area contributed by atoms with Crippen molar-refractivity contribution in [2.24, 2.45) is 5.92 Å². The number of likely N-dealkylation sites (tertiary alicyclic amines) is 1. The van der Waals surface area contributed by atoms with Gasteiger partial charge in [0, 0.05) is 17.8 Å². The van der Waals surface area contributed by atoms with Crippen LogP contribution in [0.25, 0.3) is 0 Å². The van der Waals surface area contributed by atoms with Crippen molar-refractivity contribution in [2.45, 2.75) is 32.7 Å². The number of carbonyl (C=O) groups is 1. The van der Waals surface area contributed by atoms with Crippen molar-refractivity contribution in [2.75, 3.05) is 18.4 Å². The number of rotatable bonds is 4. The number of hydrogen-bond acceptors (Lipinski definition) is 4. The Balaban J connectivity index is 1.92. The van der Waals surface area contributed by atoms with Crippen molar-refractivity contribution < 1.29 is 9.72 Å². The van der Waals surface area contributed by atoms with Gasteiger partial charge in [-0.05, 0) is 50.9 Å². The quantitative estimate of drug-likeness (QED) is 0.683. The van der Waals surface area contributed by atoms with Crippen molar-refractivity contribution in [3.63, 3.8) is 0 Å². The standard InChI is InChI=1S/C15H21N3O3/c1-11-7-9-17(10-8-11)12(2)15(19)16-13-3-5-14(6-4-13)18(20)21/h3-6,11-12H,7-10H2,1-2H3,(H,16,19).